The summed E-state index contributed by atoms with van der Waals surface area (Å²) in [6.45, 7) is 0.0887. The van der Waals surface area contributed by atoms with Crippen molar-refractivity contribution >= 4 is 33.3 Å². The summed E-state index contributed by atoms with van der Waals surface area (Å²) in [5.41, 5.74) is 2.16. The lowest BCUT2D eigenvalue weighted by Crippen LogP contribution is -2.18. The Morgan fingerprint density at radius 1 is 1.20 bits per heavy atom. The molecule has 124 valence electrons. The van der Waals surface area contributed by atoms with Gasteiger partial charge in [-0.15, -0.1) is 11.3 Å². The van der Waals surface area contributed by atoms with Gasteiger partial charge < -0.3 is 9.88 Å². The van der Waals surface area contributed by atoms with E-state index < -0.39 is 0 Å². The van der Waals surface area contributed by atoms with E-state index in [0.717, 1.165) is 16.8 Å². The molecule has 0 unspecified atom stereocenters. The van der Waals surface area contributed by atoms with Crippen molar-refractivity contribution in [2.24, 2.45) is 0 Å². The van der Waals surface area contributed by atoms with Gasteiger partial charge in [0.25, 0.3) is 0 Å². The van der Waals surface area contributed by atoms with Gasteiger partial charge in [-0.1, -0.05) is 6.07 Å². The average Bonchev–Trinajstić information content (AvgIpc) is 3.23. The second-order valence-electron chi connectivity index (χ2n) is 5.45. The Bertz CT molecular complexity index is 1040. The molecule has 0 aliphatic heterocycles. The van der Waals surface area contributed by atoms with Crippen LogP contribution in [-0.2, 0) is 11.3 Å². The van der Waals surface area contributed by atoms with Crippen LogP contribution in [-0.4, -0.2) is 20.4 Å². The number of halogens is 1. The third kappa shape index (κ3) is 3.27. The van der Waals surface area contributed by atoms with Crippen molar-refractivity contribution in [1.82, 2.24) is 14.5 Å². The van der Waals surface area contributed by atoms with Crippen LogP contribution >= 0.6 is 11.3 Å². The molecule has 7 heteroatoms. The van der Waals surface area contributed by atoms with Crippen LogP contribution in [0.3, 0.4) is 0 Å². The number of nitrogens with zero attached hydrogens (tertiary/aromatic N) is 3. The summed E-state index contributed by atoms with van der Waals surface area (Å²) in [6, 6.07) is 12.0. The van der Waals surface area contributed by atoms with E-state index in [9.17, 15) is 9.18 Å². The number of carbonyl (C=O) groups is 1. The Balaban J connectivity index is 1.49. The molecule has 0 aliphatic rings. The fourth-order valence-electron chi connectivity index (χ4n) is 2.57. The van der Waals surface area contributed by atoms with Gasteiger partial charge >= 0.3 is 0 Å². The van der Waals surface area contributed by atoms with Crippen LogP contribution in [0.15, 0.2) is 60.2 Å². The Labute approximate surface area is 146 Å². The van der Waals surface area contributed by atoms with Crippen LogP contribution in [0.25, 0.3) is 22.3 Å². The number of rotatable bonds is 4. The van der Waals surface area contributed by atoms with E-state index in [0.29, 0.717) is 10.6 Å². The number of hydrogen-bond donors (Lipinski definition) is 1. The molecule has 5 nitrogen and oxygen atoms in total. The van der Waals surface area contributed by atoms with Gasteiger partial charge in [-0.2, -0.15) is 0 Å². The molecule has 0 spiro atoms. The Kier molecular flexibility index (Phi) is 3.99. The van der Waals surface area contributed by atoms with E-state index >= 15 is 0 Å². The first-order chi connectivity index (χ1) is 12.2. The number of benzene rings is 1. The molecular weight excluding hydrogens is 339 g/mol. The van der Waals surface area contributed by atoms with Crippen LogP contribution in [0.1, 0.15) is 0 Å². The average molecular weight is 352 g/mol. The van der Waals surface area contributed by atoms with E-state index in [1.807, 2.05) is 29.6 Å². The van der Waals surface area contributed by atoms with Crippen molar-refractivity contribution in [1.29, 1.82) is 0 Å². The molecule has 0 saturated heterocycles. The highest BCUT2D eigenvalue weighted by Gasteiger charge is 2.11. The van der Waals surface area contributed by atoms with E-state index in [-0.39, 0.29) is 18.3 Å². The second-order valence-corrected chi connectivity index (χ2v) is 6.31. The summed E-state index contributed by atoms with van der Waals surface area (Å²) in [5.74, 6) is -0.545. The maximum atomic E-state index is 13.4. The number of fused-ring (bicyclic) bond motifs is 1. The first-order valence-corrected chi connectivity index (χ1v) is 8.48. The predicted molar refractivity (Wildman–Crippen MR) is 95.9 cm³/mol. The van der Waals surface area contributed by atoms with Crippen molar-refractivity contribution in [3.05, 3.63) is 66.1 Å². The first-order valence-electron chi connectivity index (χ1n) is 7.60. The van der Waals surface area contributed by atoms with Gasteiger partial charge in [-0.05, 0) is 41.8 Å². The zero-order valence-corrected chi connectivity index (χ0v) is 13.8. The van der Waals surface area contributed by atoms with E-state index in [4.69, 9.17) is 0 Å². The van der Waals surface area contributed by atoms with Crippen molar-refractivity contribution in [2.75, 3.05) is 5.32 Å². The number of hydrogen-bond acceptors (Lipinski definition) is 4. The van der Waals surface area contributed by atoms with Gasteiger partial charge in [-0.3, -0.25) is 9.78 Å². The topological polar surface area (TPSA) is 59.8 Å². The van der Waals surface area contributed by atoms with E-state index in [2.05, 4.69) is 15.3 Å². The molecule has 0 atom stereocenters. The second kappa shape index (κ2) is 6.45. The maximum absolute atomic E-state index is 13.4. The highest BCUT2D eigenvalue weighted by molar-refractivity contribution is 7.14. The van der Waals surface area contributed by atoms with Gasteiger partial charge in [0, 0.05) is 17.8 Å². The lowest BCUT2D eigenvalue weighted by Gasteiger charge is -2.05. The molecule has 1 amide bonds. The maximum Gasteiger partial charge on any atom is 0.246 e. The molecule has 1 N–H and O–H groups in total. The number of carbonyl (C=O) groups excluding carboxylic acids is 1. The standard InChI is InChI=1S/C18H13FN4OS/c19-13-5-4-12-6-8-23(16(12)9-13)10-17(24)22-18-21-15(11-25-18)14-3-1-2-7-20-14/h1-9,11H,10H2,(H,21,22,24). The summed E-state index contributed by atoms with van der Waals surface area (Å²) in [6.07, 6.45) is 3.47. The zero-order chi connectivity index (χ0) is 17.2. The summed E-state index contributed by atoms with van der Waals surface area (Å²) in [7, 11) is 0. The molecule has 0 bridgehead atoms. The summed E-state index contributed by atoms with van der Waals surface area (Å²) in [5, 5.41) is 6.02. The number of nitrogens with one attached hydrogen (secondary N) is 1. The summed E-state index contributed by atoms with van der Waals surface area (Å²) < 4.78 is 15.1. The minimum Gasteiger partial charge on any atom is -0.338 e. The van der Waals surface area contributed by atoms with Crippen LogP contribution in [0.4, 0.5) is 9.52 Å². The SMILES string of the molecule is O=C(Cn1ccc2ccc(F)cc21)Nc1nc(-c2ccccn2)cs1. The fourth-order valence-corrected chi connectivity index (χ4v) is 3.29. The molecule has 1 aromatic carbocycles. The molecule has 0 aliphatic carbocycles. The summed E-state index contributed by atoms with van der Waals surface area (Å²) in [4.78, 5) is 20.9. The first kappa shape index (κ1) is 15.5. The van der Waals surface area contributed by atoms with Gasteiger partial charge in [0.2, 0.25) is 5.91 Å². The minimum absolute atomic E-state index is 0.0887. The van der Waals surface area contributed by atoms with Gasteiger partial charge in [0.05, 0.1) is 11.2 Å². The molecule has 0 radical (unpaired) electrons. The van der Waals surface area contributed by atoms with Crippen molar-refractivity contribution in [3.8, 4) is 11.4 Å². The number of amides is 1. The lowest BCUT2D eigenvalue weighted by molar-refractivity contribution is -0.116. The quantitative estimate of drug-likeness (QED) is 0.605. The molecule has 4 rings (SSSR count). The van der Waals surface area contributed by atoms with Crippen LogP contribution in [0.5, 0.6) is 0 Å². The Hall–Kier alpha value is -3.06. The number of aromatic nitrogens is 3. The predicted octanol–water partition coefficient (Wildman–Crippen LogP) is 3.94. The molecule has 25 heavy (non-hydrogen) atoms. The summed E-state index contributed by atoms with van der Waals surface area (Å²) >= 11 is 1.34. The third-order valence-corrected chi connectivity index (χ3v) is 4.49. The largest absolute Gasteiger partial charge is 0.338 e. The van der Waals surface area contributed by atoms with Crippen LogP contribution in [0, 0.1) is 5.82 Å². The lowest BCUT2D eigenvalue weighted by atomic mass is 10.2. The smallest absolute Gasteiger partial charge is 0.246 e. The van der Waals surface area contributed by atoms with Crippen molar-refractivity contribution in [2.45, 2.75) is 6.54 Å². The van der Waals surface area contributed by atoms with Gasteiger partial charge in [0.15, 0.2) is 5.13 Å². The normalized spacial score (nSPS) is 10.9. The molecule has 0 saturated carbocycles. The number of anilines is 1. The van der Waals surface area contributed by atoms with Crippen molar-refractivity contribution in [3.63, 3.8) is 0 Å². The van der Waals surface area contributed by atoms with Gasteiger partial charge in [0.1, 0.15) is 18.1 Å². The Morgan fingerprint density at radius 3 is 2.96 bits per heavy atom. The molecule has 0 fully saturated rings. The van der Waals surface area contributed by atoms with E-state index in [1.165, 1.54) is 23.5 Å². The zero-order valence-electron chi connectivity index (χ0n) is 13.0. The molecule has 4 aromatic rings. The number of thiazole rings is 1. The van der Waals surface area contributed by atoms with Crippen LogP contribution < -0.4 is 5.32 Å². The van der Waals surface area contributed by atoms with Crippen molar-refractivity contribution < 1.29 is 9.18 Å². The highest BCUT2D eigenvalue weighted by Crippen LogP contribution is 2.23. The third-order valence-electron chi connectivity index (χ3n) is 3.73. The molecular formula is C18H13FN4OS. The van der Waals surface area contributed by atoms with Gasteiger partial charge in [-0.25, -0.2) is 9.37 Å². The number of pyridine rings is 1. The van der Waals surface area contributed by atoms with E-state index in [1.54, 1.807) is 23.0 Å². The molecule has 3 aromatic heterocycles. The van der Waals surface area contributed by atoms with Crippen LogP contribution in [0.2, 0.25) is 0 Å². The monoisotopic (exact) mass is 352 g/mol. The fraction of sp³-hybridized carbons (Fsp3) is 0.0556. The minimum atomic E-state index is -0.326. The highest BCUT2D eigenvalue weighted by atomic mass is 32.1. The molecule has 3 heterocycles. The Morgan fingerprint density at radius 2 is 2.12 bits per heavy atom.